The molecule has 0 saturated heterocycles. The van der Waals surface area contributed by atoms with Gasteiger partial charge in [-0.3, -0.25) is 0 Å². The number of rotatable bonds is 2. The fourth-order valence-corrected chi connectivity index (χ4v) is 2.58. The summed E-state index contributed by atoms with van der Waals surface area (Å²) in [5, 5.41) is 13.4. The van der Waals surface area contributed by atoms with E-state index in [4.69, 9.17) is 28.4 Å². The molecule has 86 valence electrons. The number of hydrogen-bond acceptors (Lipinski definition) is 2. The van der Waals surface area contributed by atoms with Gasteiger partial charge in [-0.1, -0.05) is 40.8 Å². The van der Waals surface area contributed by atoms with Gasteiger partial charge in [0.2, 0.25) is 0 Å². The first kappa shape index (κ1) is 11.7. The van der Waals surface area contributed by atoms with Gasteiger partial charge >= 0.3 is 0 Å². The fourth-order valence-electron chi connectivity index (χ4n) is 2.28. The predicted octanol–water partition coefficient (Wildman–Crippen LogP) is 4.27. The van der Waals surface area contributed by atoms with E-state index >= 15 is 0 Å². The molecule has 2 nitrogen and oxygen atoms in total. The van der Waals surface area contributed by atoms with Crippen molar-refractivity contribution in [3.8, 4) is 0 Å². The van der Waals surface area contributed by atoms with Crippen LogP contribution in [0.5, 0.6) is 0 Å². The van der Waals surface area contributed by atoms with Crippen molar-refractivity contribution in [3.63, 3.8) is 0 Å². The topological polar surface area (TPSA) is 32.6 Å². The molecular formula is C12H13Cl2NO. The van der Waals surface area contributed by atoms with Crippen LogP contribution in [0.2, 0.25) is 10.0 Å². The Labute approximate surface area is 105 Å². The highest BCUT2D eigenvalue weighted by Crippen LogP contribution is 2.46. The Morgan fingerprint density at radius 1 is 1.31 bits per heavy atom. The minimum absolute atomic E-state index is 0.136. The van der Waals surface area contributed by atoms with Crippen LogP contribution in [0.15, 0.2) is 23.4 Å². The van der Waals surface area contributed by atoms with Gasteiger partial charge in [-0.25, -0.2) is 0 Å². The van der Waals surface area contributed by atoms with E-state index < -0.39 is 0 Å². The lowest BCUT2D eigenvalue weighted by Crippen LogP contribution is -2.41. The standard InChI is InChI=1S/C12H13Cl2NO/c1-8(15-16)12(5-2-6-12)9-3-4-10(13)11(14)7-9/h3-4,7,16H,2,5-6H2,1H3. The van der Waals surface area contributed by atoms with Crippen molar-refractivity contribution in [3.05, 3.63) is 33.8 Å². The van der Waals surface area contributed by atoms with Crippen LogP contribution in [0.4, 0.5) is 0 Å². The Hall–Kier alpha value is -0.730. The van der Waals surface area contributed by atoms with Crippen LogP contribution < -0.4 is 0 Å². The van der Waals surface area contributed by atoms with Crippen LogP contribution in [0.3, 0.4) is 0 Å². The molecule has 16 heavy (non-hydrogen) atoms. The summed E-state index contributed by atoms with van der Waals surface area (Å²) in [5.41, 5.74) is 1.70. The van der Waals surface area contributed by atoms with Crippen LogP contribution in [0, 0.1) is 0 Å². The lowest BCUT2D eigenvalue weighted by Gasteiger charge is -2.42. The molecular weight excluding hydrogens is 245 g/mol. The first-order valence-electron chi connectivity index (χ1n) is 5.25. The van der Waals surface area contributed by atoms with E-state index in [1.807, 2.05) is 19.1 Å². The lowest BCUT2D eigenvalue weighted by atomic mass is 9.62. The first-order chi connectivity index (χ1) is 7.60. The van der Waals surface area contributed by atoms with Crippen molar-refractivity contribution >= 4 is 28.9 Å². The van der Waals surface area contributed by atoms with E-state index in [9.17, 15) is 0 Å². The maximum absolute atomic E-state index is 8.95. The van der Waals surface area contributed by atoms with Crippen LogP contribution >= 0.6 is 23.2 Å². The second-order valence-corrected chi connectivity index (χ2v) is 5.06. The van der Waals surface area contributed by atoms with Gasteiger partial charge < -0.3 is 5.21 Å². The summed E-state index contributed by atoms with van der Waals surface area (Å²) in [5.74, 6) is 0. The lowest BCUT2D eigenvalue weighted by molar-refractivity contribution is 0.287. The zero-order chi connectivity index (χ0) is 11.8. The first-order valence-corrected chi connectivity index (χ1v) is 6.00. The van der Waals surface area contributed by atoms with E-state index in [0.29, 0.717) is 10.0 Å². The molecule has 1 aliphatic carbocycles. The second-order valence-electron chi connectivity index (χ2n) is 4.25. The molecule has 4 heteroatoms. The predicted molar refractivity (Wildman–Crippen MR) is 66.9 cm³/mol. The summed E-state index contributed by atoms with van der Waals surface area (Å²) in [6.07, 6.45) is 3.15. The highest BCUT2D eigenvalue weighted by Gasteiger charge is 2.42. The number of benzene rings is 1. The van der Waals surface area contributed by atoms with Crippen LogP contribution in [0.25, 0.3) is 0 Å². The summed E-state index contributed by atoms with van der Waals surface area (Å²) in [4.78, 5) is 0. The van der Waals surface area contributed by atoms with Crippen molar-refractivity contribution in [1.82, 2.24) is 0 Å². The van der Waals surface area contributed by atoms with Gasteiger partial charge in [0.05, 0.1) is 15.8 Å². The molecule has 1 aliphatic rings. The number of hydrogen-bond donors (Lipinski definition) is 1. The fraction of sp³-hybridized carbons (Fsp3) is 0.417. The van der Waals surface area contributed by atoms with Crippen molar-refractivity contribution in [1.29, 1.82) is 0 Å². The average Bonchev–Trinajstić information content (AvgIpc) is 2.21. The molecule has 0 aromatic heterocycles. The minimum Gasteiger partial charge on any atom is -0.411 e. The molecule has 0 unspecified atom stereocenters. The van der Waals surface area contributed by atoms with Gasteiger partial charge in [0.25, 0.3) is 0 Å². The normalized spacial score (nSPS) is 19.3. The Morgan fingerprint density at radius 3 is 2.44 bits per heavy atom. The molecule has 0 heterocycles. The highest BCUT2D eigenvalue weighted by atomic mass is 35.5. The third-order valence-corrected chi connectivity index (χ3v) is 4.26. The molecule has 0 aliphatic heterocycles. The van der Waals surface area contributed by atoms with Gasteiger partial charge in [-0.15, -0.1) is 0 Å². The molecule has 2 rings (SSSR count). The zero-order valence-corrected chi connectivity index (χ0v) is 10.5. The molecule has 0 atom stereocenters. The Balaban J connectivity index is 2.45. The monoisotopic (exact) mass is 257 g/mol. The molecule has 0 radical (unpaired) electrons. The number of oxime groups is 1. The van der Waals surface area contributed by atoms with Crippen molar-refractivity contribution < 1.29 is 5.21 Å². The molecule has 0 bridgehead atoms. The van der Waals surface area contributed by atoms with Gasteiger partial charge in [0, 0.05) is 5.41 Å². The molecule has 1 fully saturated rings. The summed E-state index contributed by atoms with van der Waals surface area (Å²) < 4.78 is 0. The van der Waals surface area contributed by atoms with Crippen LogP contribution in [-0.2, 0) is 5.41 Å². The van der Waals surface area contributed by atoms with Crippen molar-refractivity contribution in [2.45, 2.75) is 31.6 Å². The third-order valence-electron chi connectivity index (χ3n) is 3.52. The maximum atomic E-state index is 8.95. The summed E-state index contributed by atoms with van der Waals surface area (Å²) in [6, 6.07) is 5.63. The van der Waals surface area contributed by atoms with E-state index in [2.05, 4.69) is 5.16 Å². The van der Waals surface area contributed by atoms with E-state index in [1.165, 1.54) is 0 Å². The van der Waals surface area contributed by atoms with Gasteiger partial charge in [-0.2, -0.15) is 0 Å². The molecule has 1 N–H and O–H groups in total. The molecule has 1 aromatic carbocycles. The molecule has 1 aromatic rings. The summed E-state index contributed by atoms with van der Waals surface area (Å²) >= 11 is 11.9. The molecule has 0 spiro atoms. The van der Waals surface area contributed by atoms with Gasteiger partial charge in [0.15, 0.2) is 0 Å². The molecule has 0 amide bonds. The SMILES string of the molecule is CC(=NO)C1(c2ccc(Cl)c(Cl)c2)CCC1. The Morgan fingerprint density at radius 2 is 2.00 bits per heavy atom. The number of halogens is 2. The average molecular weight is 258 g/mol. The smallest absolute Gasteiger partial charge is 0.0645 e. The zero-order valence-electron chi connectivity index (χ0n) is 9.00. The minimum atomic E-state index is -0.136. The highest BCUT2D eigenvalue weighted by molar-refractivity contribution is 6.42. The molecule has 1 saturated carbocycles. The Bertz CT molecular complexity index is 439. The van der Waals surface area contributed by atoms with E-state index in [1.54, 1.807) is 6.07 Å². The Kier molecular flexibility index (Phi) is 3.13. The van der Waals surface area contributed by atoms with E-state index in [-0.39, 0.29) is 5.41 Å². The van der Waals surface area contributed by atoms with Crippen LogP contribution in [0.1, 0.15) is 31.7 Å². The summed E-state index contributed by atoms with van der Waals surface area (Å²) in [6.45, 7) is 1.85. The van der Waals surface area contributed by atoms with Crippen LogP contribution in [-0.4, -0.2) is 10.9 Å². The number of nitrogens with zero attached hydrogens (tertiary/aromatic N) is 1. The van der Waals surface area contributed by atoms with E-state index in [0.717, 1.165) is 30.5 Å². The van der Waals surface area contributed by atoms with Crippen molar-refractivity contribution in [2.75, 3.05) is 0 Å². The second kappa shape index (κ2) is 4.27. The van der Waals surface area contributed by atoms with Gasteiger partial charge in [-0.05, 0) is 37.5 Å². The van der Waals surface area contributed by atoms with Crippen molar-refractivity contribution in [2.24, 2.45) is 5.16 Å². The third kappa shape index (κ3) is 1.70. The summed E-state index contributed by atoms with van der Waals surface area (Å²) in [7, 11) is 0. The largest absolute Gasteiger partial charge is 0.411 e. The maximum Gasteiger partial charge on any atom is 0.0645 e. The quantitative estimate of drug-likeness (QED) is 0.479. The van der Waals surface area contributed by atoms with Gasteiger partial charge in [0.1, 0.15) is 0 Å².